The number of hydrogen-bond donors (Lipinski definition) is 3. The van der Waals surface area contributed by atoms with Crippen molar-refractivity contribution in [3.05, 3.63) is 29.8 Å². The van der Waals surface area contributed by atoms with Crippen molar-refractivity contribution in [3.63, 3.8) is 0 Å². The second-order valence-electron chi connectivity index (χ2n) is 4.60. The summed E-state index contributed by atoms with van der Waals surface area (Å²) in [5.41, 5.74) is 0.510. The number of carbonyl (C=O) groups excluding carboxylic acids is 1. The smallest absolute Gasteiger partial charge is 0.251 e. The molecule has 0 saturated carbocycles. The fraction of sp³-hybridized carbons (Fsp3) is 0.462. The lowest BCUT2D eigenvalue weighted by Crippen LogP contribution is -2.46. The summed E-state index contributed by atoms with van der Waals surface area (Å²) < 4.78 is 0. The molecule has 1 heterocycles. The molecule has 1 amide bonds. The van der Waals surface area contributed by atoms with Gasteiger partial charge < -0.3 is 15.7 Å². The van der Waals surface area contributed by atoms with E-state index >= 15 is 0 Å². The minimum atomic E-state index is -0.111. The molecule has 0 aromatic heterocycles. The number of nitrogens with one attached hydrogen (secondary N) is 2. The number of phenolic OH excluding ortho intramolecular Hbond substituents is 1. The largest absolute Gasteiger partial charge is 0.508 e. The highest BCUT2D eigenvalue weighted by atomic mass is 16.3. The van der Waals surface area contributed by atoms with Crippen molar-refractivity contribution in [2.45, 2.75) is 31.8 Å². The standard InChI is InChI=1S/C13H18N2O2/c1-9-7-11(5-6-14-9)15-13(17)10-3-2-4-12(16)8-10/h2-4,8-9,11,14,16H,5-7H2,1H3,(H,15,17). The van der Waals surface area contributed by atoms with E-state index in [1.165, 1.54) is 6.07 Å². The molecule has 4 nitrogen and oxygen atoms in total. The molecule has 2 unspecified atom stereocenters. The molecule has 1 fully saturated rings. The van der Waals surface area contributed by atoms with E-state index in [-0.39, 0.29) is 17.7 Å². The molecule has 2 rings (SSSR count). The maximum atomic E-state index is 11.9. The number of amides is 1. The van der Waals surface area contributed by atoms with Crippen molar-refractivity contribution in [1.82, 2.24) is 10.6 Å². The summed E-state index contributed by atoms with van der Waals surface area (Å²) in [6, 6.07) is 7.09. The molecule has 1 aromatic carbocycles. The Morgan fingerprint density at radius 1 is 1.53 bits per heavy atom. The molecule has 1 saturated heterocycles. The second-order valence-corrected chi connectivity index (χ2v) is 4.60. The maximum absolute atomic E-state index is 11.9. The van der Waals surface area contributed by atoms with Crippen LogP contribution in [0, 0.1) is 0 Å². The maximum Gasteiger partial charge on any atom is 0.251 e. The summed E-state index contributed by atoms with van der Waals surface area (Å²) in [5.74, 6) is 0.0105. The number of piperidine rings is 1. The van der Waals surface area contributed by atoms with Gasteiger partial charge in [-0.2, -0.15) is 0 Å². The Kier molecular flexibility index (Phi) is 3.64. The molecule has 3 N–H and O–H groups in total. The summed E-state index contributed by atoms with van der Waals surface area (Å²) in [7, 11) is 0. The van der Waals surface area contributed by atoms with Crippen molar-refractivity contribution >= 4 is 5.91 Å². The number of aromatic hydroxyl groups is 1. The van der Waals surface area contributed by atoms with E-state index in [2.05, 4.69) is 17.6 Å². The fourth-order valence-electron chi connectivity index (χ4n) is 2.18. The predicted octanol–water partition coefficient (Wildman–Crippen LogP) is 1.26. The molecule has 0 bridgehead atoms. The van der Waals surface area contributed by atoms with Gasteiger partial charge >= 0.3 is 0 Å². The second kappa shape index (κ2) is 5.19. The van der Waals surface area contributed by atoms with Gasteiger partial charge in [0, 0.05) is 17.6 Å². The van der Waals surface area contributed by atoms with Gasteiger partial charge in [0.15, 0.2) is 0 Å². The van der Waals surface area contributed by atoms with Crippen LogP contribution in [-0.4, -0.2) is 29.6 Å². The lowest BCUT2D eigenvalue weighted by atomic mass is 10.0. The van der Waals surface area contributed by atoms with Crippen LogP contribution in [0.1, 0.15) is 30.1 Å². The first kappa shape index (κ1) is 11.9. The predicted molar refractivity (Wildman–Crippen MR) is 66.1 cm³/mol. The Bertz CT molecular complexity index is 406. The summed E-state index contributed by atoms with van der Waals surface area (Å²) in [4.78, 5) is 11.9. The van der Waals surface area contributed by atoms with Crippen LogP contribution in [0.25, 0.3) is 0 Å². The molecule has 4 heteroatoms. The van der Waals surface area contributed by atoms with Crippen LogP contribution in [0.4, 0.5) is 0 Å². The average Bonchev–Trinajstić information content (AvgIpc) is 2.29. The average molecular weight is 234 g/mol. The van der Waals surface area contributed by atoms with Gasteiger partial charge in [0.1, 0.15) is 5.75 Å². The number of rotatable bonds is 2. The first-order chi connectivity index (χ1) is 8.15. The van der Waals surface area contributed by atoms with E-state index in [0.717, 1.165) is 19.4 Å². The Labute approximate surface area is 101 Å². The van der Waals surface area contributed by atoms with Gasteiger partial charge in [-0.1, -0.05) is 6.07 Å². The van der Waals surface area contributed by atoms with E-state index in [1.807, 2.05) is 0 Å². The lowest BCUT2D eigenvalue weighted by molar-refractivity contribution is 0.0925. The number of hydrogen-bond acceptors (Lipinski definition) is 3. The third-order valence-electron chi connectivity index (χ3n) is 3.07. The van der Waals surface area contributed by atoms with Gasteiger partial charge in [0.05, 0.1) is 0 Å². The summed E-state index contributed by atoms with van der Waals surface area (Å²) in [6.07, 6.45) is 1.90. The van der Waals surface area contributed by atoms with Crippen molar-refractivity contribution < 1.29 is 9.90 Å². The van der Waals surface area contributed by atoms with Gasteiger partial charge in [-0.3, -0.25) is 4.79 Å². The van der Waals surface area contributed by atoms with E-state index < -0.39 is 0 Å². The lowest BCUT2D eigenvalue weighted by Gasteiger charge is -2.28. The van der Waals surface area contributed by atoms with Gasteiger partial charge in [0.25, 0.3) is 5.91 Å². The zero-order valence-corrected chi connectivity index (χ0v) is 9.94. The summed E-state index contributed by atoms with van der Waals surface area (Å²) in [5, 5.41) is 15.7. The normalized spacial score (nSPS) is 24.3. The Hall–Kier alpha value is -1.55. The first-order valence-corrected chi connectivity index (χ1v) is 5.98. The fourth-order valence-corrected chi connectivity index (χ4v) is 2.18. The molecule has 17 heavy (non-hydrogen) atoms. The zero-order valence-electron chi connectivity index (χ0n) is 9.94. The third kappa shape index (κ3) is 3.20. The number of benzene rings is 1. The molecular weight excluding hydrogens is 216 g/mol. The Morgan fingerprint density at radius 3 is 3.06 bits per heavy atom. The molecule has 0 spiro atoms. The van der Waals surface area contributed by atoms with Gasteiger partial charge in [-0.15, -0.1) is 0 Å². The van der Waals surface area contributed by atoms with Crippen LogP contribution in [-0.2, 0) is 0 Å². The van der Waals surface area contributed by atoms with Crippen LogP contribution >= 0.6 is 0 Å². The van der Waals surface area contributed by atoms with Crippen molar-refractivity contribution in [3.8, 4) is 5.75 Å². The molecule has 0 aliphatic carbocycles. The highest BCUT2D eigenvalue weighted by molar-refractivity contribution is 5.94. The Morgan fingerprint density at radius 2 is 2.35 bits per heavy atom. The van der Waals surface area contributed by atoms with E-state index in [4.69, 9.17) is 0 Å². The molecule has 2 atom stereocenters. The van der Waals surface area contributed by atoms with Crippen molar-refractivity contribution in [1.29, 1.82) is 0 Å². The van der Waals surface area contributed by atoms with Gasteiger partial charge in [-0.05, 0) is 44.5 Å². The van der Waals surface area contributed by atoms with E-state index in [1.54, 1.807) is 18.2 Å². The van der Waals surface area contributed by atoms with Gasteiger partial charge in [0.2, 0.25) is 0 Å². The van der Waals surface area contributed by atoms with Crippen LogP contribution in [0.2, 0.25) is 0 Å². The summed E-state index contributed by atoms with van der Waals surface area (Å²) in [6.45, 7) is 3.05. The summed E-state index contributed by atoms with van der Waals surface area (Å²) >= 11 is 0. The van der Waals surface area contributed by atoms with Crippen molar-refractivity contribution in [2.24, 2.45) is 0 Å². The highest BCUT2D eigenvalue weighted by Gasteiger charge is 2.20. The third-order valence-corrected chi connectivity index (χ3v) is 3.07. The number of carbonyl (C=O) groups is 1. The molecule has 1 aliphatic heterocycles. The van der Waals surface area contributed by atoms with E-state index in [9.17, 15) is 9.90 Å². The Balaban J connectivity index is 1.97. The number of phenols is 1. The monoisotopic (exact) mass is 234 g/mol. The van der Waals surface area contributed by atoms with Gasteiger partial charge in [-0.25, -0.2) is 0 Å². The molecule has 0 radical (unpaired) electrons. The minimum Gasteiger partial charge on any atom is -0.508 e. The van der Waals surface area contributed by atoms with E-state index in [0.29, 0.717) is 11.6 Å². The van der Waals surface area contributed by atoms with Crippen LogP contribution in [0.15, 0.2) is 24.3 Å². The SMILES string of the molecule is CC1CC(NC(=O)c2cccc(O)c2)CCN1. The quantitative estimate of drug-likeness (QED) is 0.722. The molecule has 1 aliphatic rings. The molecule has 92 valence electrons. The first-order valence-electron chi connectivity index (χ1n) is 5.98. The molecule has 1 aromatic rings. The van der Waals surface area contributed by atoms with Crippen LogP contribution in [0.5, 0.6) is 5.75 Å². The van der Waals surface area contributed by atoms with Crippen LogP contribution < -0.4 is 10.6 Å². The van der Waals surface area contributed by atoms with Crippen molar-refractivity contribution in [2.75, 3.05) is 6.54 Å². The minimum absolute atomic E-state index is 0.111. The highest BCUT2D eigenvalue weighted by Crippen LogP contribution is 2.13. The zero-order chi connectivity index (χ0) is 12.3. The van der Waals surface area contributed by atoms with Crippen LogP contribution in [0.3, 0.4) is 0 Å². The molecular formula is C13H18N2O2. The topological polar surface area (TPSA) is 61.4 Å².